The zero-order valence-electron chi connectivity index (χ0n) is 18.5. The predicted molar refractivity (Wildman–Crippen MR) is 127 cm³/mol. The van der Waals surface area contributed by atoms with Gasteiger partial charge in [0.15, 0.2) is 17.0 Å². The van der Waals surface area contributed by atoms with Crippen LogP contribution in [0.25, 0.3) is 11.2 Å². The van der Waals surface area contributed by atoms with Crippen LogP contribution in [-0.4, -0.2) is 43.3 Å². The van der Waals surface area contributed by atoms with Crippen LogP contribution in [0, 0.1) is 0 Å². The molecule has 2 aliphatic rings. The van der Waals surface area contributed by atoms with Crippen LogP contribution in [0.3, 0.4) is 0 Å². The van der Waals surface area contributed by atoms with Gasteiger partial charge >= 0.3 is 0 Å². The van der Waals surface area contributed by atoms with Gasteiger partial charge in [0.25, 0.3) is 0 Å². The second-order valence-electron chi connectivity index (χ2n) is 9.26. The molecule has 8 nitrogen and oxygen atoms in total. The first-order valence-corrected chi connectivity index (χ1v) is 11.9. The summed E-state index contributed by atoms with van der Waals surface area (Å²) in [6.07, 6.45) is 11.8. The molecule has 2 heterocycles. The number of aromatic hydroxyl groups is 1. The highest BCUT2D eigenvalue weighted by Crippen LogP contribution is 2.33. The molecule has 0 aliphatic heterocycles. The lowest BCUT2D eigenvalue weighted by Gasteiger charge is -2.27. The Balaban J connectivity index is 1.38. The van der Waals surface area contributed by atoms with Crippen LogP contribution >= 0.6 is 0 Å². The molecule has 0 radical (unpaired) electrons. The molecule has 170 valence electrons. The fraction of sp³-hybridized carbons (Fsp3) is 0.542. The van der Waals surface area contributed by atoms with E-state index in [-0.39, 0.29) is 5.75 Å². The summed E-state index contributed by atoms with van der Waals surface area (Å²) in [7, 11) is 0. The van der Waals surface area contributed by atoms with Gasteiger partial charge in [-0.2, -0.15) is 9.97 Å². The third-order valence-corrected chi connectivity index (χ3v) is 6.89. The number of phenolic OH excluding ortho intramolecular Hbond substituents is 1. The minimum absolute atomic E-state index is 0.288. The zero-order chi connectivity index (χ0) is 21.9. The molecule has 0 spiro atoms. The summed E-state index contributed by atoms with van der Waals surface area (Å²) in [5, 5.41) is 16.6. The standard InChI is InChI=1S/C24H33N7O/c25-17-7-9-18(10-8-17)28-24-29-22(26-14-13-16-5-11-20(32)12-6-16)21-23(30-24)31(15-27-21)19-3-1-2-4-19/h5-6,11-12,15,17-19,32H,1-4,7-10,13-14,25H2,(H2,26,28,29,30)/t17-,18-. The Kier molecular flexibility index (Phi) is 6.12. The summed E-state index contributed by atoms with van der Waals surface area (Å²) >= 11 is 0. The minimum atomic E-state index is 0.288. The number of phenols is 1. The van der Waals surface area contributed by atoms with Gasteiger partial charge in [0, 0.05) is 24.7 Å². The zero-order valence-corrected chi connectivity index (χ0v) is 18.5. The van der Waals surface area contributed by atoms with Crippen LogP contribution in [0.1, 0.15) is 63.0 Å². The van der Waals surface area contributed by atoms with E-state index in [2.05, 4.69) is 15.2 Å². The number of nitrogens with two attached hydrogens (primary N) is 1. The Morgan fingerprint density at radius 2 is 1.75 bits per heavy atom. The summed E-state index contributed by atoms with van der Waals surface area (Å²) in [6.45, 7) is 0.727. The third kappa shape index (κ3) is 4.65. The normalized spacial score (nSPS) is 21.8. The van der Waals surface area contributed by atoms with E-state index in [1.165, 1.54) is 25.7 Å². The fourth-order valence-electron chi connectivity index (χ4n) is 4.99. The van der Waals surface area contributed by atoms with Gasteiger partial charge in [-0.3, -0.25) is 0 Å². The number of hydrogen-bond donors (Lipinski definition) is 4. The highest BCUT2D eigenvalue weighted by Gasteiger charge is 2.23. The minimum Gasteiger partial charge on any atom is -0.508 e. The molecule has 0 saturated heterocycles. The van der Waals surface area contributed by atoms with Gasteiger partial charge in [-0.15, -0.1) is 0 Å². The van der Waals surface area contributed by atoms with Crippen molar-refractivity contribution >= 4 is 22.9 Å². The molecule has 3 aromatic rings. The van der Waals surface area contributed by atoms with E-state index in [0.29, 0.717) is 24.1 Å². The smallest absolute Gasteiger partial charge is 0.227 e. The van der Waals surface area contributed by atoms with E-state index >= 15 is 0 Å². The van der Waals surface area contributed by atoms with Crippen molar-refractivity contribution in [3.63, 3.8) is 0 Å². The van der Waals surface area contributed by atoms with E-state index in [0.717, 1.165) is 61.2 Å². The summed E-state index contributed by atoms with van der Waals surface area (Å²) < 4.78 is 2.25. The first-order chi connectivity index (χ1) is 15.7. The molecule has 0 atom stereocenters. The van der Waals surface area contributed by atoms with Gasteiger partial charge in [-0.25, -0.2) is 4.98 Å². The highest BCUT2D eigenvalue weighted by atomic mass is 16.3. The van der Waals surface area contributed by atoms with E-state index in [1.54, 1.807) is 12.1 Å². The van der Waals surface area contributed by atoms with E-state index in [4.69, 9.17) is 20.7 Å². The van der Waals surface area contributed by atoms with Gasteiger partial charge in [0.1, 0.15) is 5.75 Å². The summed E-state index contributed by atoms with van der Waals surface area (Å²) in [5.41, 5.74) is 8.99. The van der Waals surface area contributed by atoms with E-state index in [1.807, 2.05) is 18.5 Å². The maximum atomic E-state index is 9.49. The predicted octanol–water partition coefficient (Wildman–Crippen LogP) is 3.98. The van der Waals surface area contributed by atoms with Crippen molar-refractivity contribution in [2.45, 2.75) is 75.9 Å². The molecule has 0 amide bonds. The van der Waals surface area contributed by atoms with Crippen molar-refractivity contribution in [2.24, 2.45) is 5.73 Å². The summed E-state index contributed by atoms with van der Waals surface area (Å²) in [6, 6.07) is 8.49. The lowest BCUT2D eigenvalue weighted by Crippen LogP contribution is -2.33. The lowest BCUT2D eigenvalue weighted by molar-refractivity contribution is 0.410. The number of rotatable bonds is 7. The van der Waals surface area contributed by atoms with Crippen LogP contribution in [0.5, 0.6) is 5.75 Å². The first-order valence-electron chi connectivity index (χ1n) is 11.9. The highest BCUT2D eigenvalue weighted by molar-refractivity contribution is 5.84. The van der Waals surface area contributed by atoms with Crippen molar-refractivity contribution < 1.29 is 5.11 Å². The van der Waals surface area contributed by atoms with Gasteiger partial charge in [-0.05, 0) is 62.6 Å². The average molecular weight is 436 g/mol. The molecule has 2 aliphatic carbocycles. The lowest BCUT2D eigenvalue weighted by atomic mass is 9.92. The Hall–Kier alpha value is -2.87. The Morgan fingerprint density at radius 1 is 1.00 bits per heavy atom. The van der Waals surface area contributed by atoms with Crippen LogP contribution in [0.4, 0.5) is 11.8 Å². The summed E-state index contributed by atoms with van der Waals surface area (Å²) in [4.78, 5) is 14.4. The van der Waals surface area contributed by atoms with Gasteiger partial charge in [0.2, 0.25) is 5.95 Å². The molecule has 32 heavy (non-hydrogen) atoms. The average Bonchev–Trinajstić information content (AvgIpc) is 3.46. The molecular weight excluding hydrogens is 402 g/mol. The molecule has 5 N–H and O–H groups in total. The molecule has 2 fully saturated rings. The largest absolute Gasteiger partial charge is 0.508 e. The topological polar surface area (TPSA) is 114 Å². The van der Waals surface area contributed by atoms with Crippen LogP contribution in [0.2, 0.25) is 0 Å². The van der Waals surface area contributed by atoms with Crippen LogP contribution < -0.4 is 16.4 Å². The van der Waals surface area contributed by atoms with Gasteiger partial charge < -0.3 is 26.0 Å². The van der Waals surface area contributed by atoms with Crippen molar-refractivity contribution in [1.82, 2.24) is 19.5 Å². The number of aromatic nitrogens is 4. The molecular formula is C24H33N7O. The van der Waals surface area contributed by atoms with Crippen LogP contribution in [-0.2, 0) is 6.42 Å². The SMILES string of the molecule is N[C@H]1CC[C@H](Nc2nc(NCCc3ccc(O)cc3)c3ncn(C4CCCC4)c3n2)CC1. The van der Waals surface area contributed by atoms with Crippen molar-refractivity contribution in [3.05, 3.63) is 36.2 Å². The molecule has 8 heteroatoms. The molecule has 0 bridgehead atoms. The maximum Gasteiger partial charge on any atom is 0.227 e. The van der Waals surface area contributed by atoms with Gasteiger partial charge in [0.05, 0.1) is 6.33 Å². The van der Waals surface area contributed by atoms with Crippen molar-refractivity contribution in [2.75, 3.05) is 17.2 Å². The molecule has 1 aromatic carbocycles. The third-order valence-electron chi connectivity index (χ3n) is 6.89. The number of hydrogen-bond acceptors (Lipinski definition) is 7. The summed E-state index contributed by atoms with van der Waals surface area (Å²) in [5.74, 6) is 1.74. The number of nitrogens with one attached hydrogen (secondary N) is 2. The molecule has 0 unspecified atom stereocenters. The number of anilines is 2. The second-order valence-corrected chi connectivity index (χ2v) is 9.26. The van der Waals surface area contributed by atoms with Crippen molar-refractivity contribution in [3.8, 4) is 5.75 Å². The monoisotopic (exact) mass is 435 g/mol. The number of benzene rings is 1. The maximum absolute atomic E-state index is 9.49. The molecule has 2 saturated carbocycles. The fourth-order valence-corrected chi connectivity index (χ4v) is 4.99. The quantitative estimate of drug-likeness (QED) is 0.444. The molecule has 2 aromatic heterocycles. The number of nitrogens with zero attached hydrogens (tertiary/aromatic N) is 4. The number of imidazole rings is 1. The second kappa shape index (κ2) is 9.32. The van der Waals surface area contributed by atoms with Crippen molar-refractivity contribution in [1.29, 1.82) is 0 Å². The van der Waals surface area contributed by atoms with Gasteiger partial charge in [-0.1, -0.05) is 25.0 Å². The Labute approximate surface area is 188 Å². The van der Waals surface area contributed by atoms with E-state index < -0.39 is 0 Å². The van der Waals surface area contributed by atoms with E-state index in [9.17, 15) is 5.11 Å². The Morgan fingerprint density at radius 3 is 2.50 bits per heavy atom. The molecule has 5 rings (SSSR count). The Bertz CT molecular complexity index is 1030. The number of fused-ring (bicyclic) bond motifs is 1. The van der Waals surface area contributed by atoms with Crippen LogP contribution in [0.15, 0.2) is 30.6 Å². The first kappa shape index (κ1) is 21.0.